The molecule has 6 nitrogen and oxygen atoms in total. The maximum Gasteiger partial charge on any atom is 0.223 e. The highest BCUT2D eigenvalue weighted by molar-refractivity contribution is 6.32. The van der Waals surface area contributed by atoms with Crippen molar-refractivity contribution in [2.24, 2.45) is 0 Å². The van der Waals surface area contributed by atoms with E-state index in [1.165, 1.54) is 0 Å². The van der Waals surface area contributed by atoms with Crippen LogP contribution in [0.15, 0.2) is 61.2 Å². The first-order valence-electron chi connectivity index (χ1n) is 9.96. The number of ether oxygens (including phenoxy) is 1. The Kier molecular flexibility index (Phi) is 6.06. The normalized spacial score (nSPS) is 17.5. The summed E-state index contributed by atoms with van der Waals surface area (Å²) in [6.45, 7) is 5.27. The van der Waals surface area contributed by atoms with Crippen LogP contribution in [0.1, 0.15) is 18.2 Å². The standard InChI is InChI=1S/C23H24ClN3O3/c1-2-11-26-13-16(12-22(26)29)23-25-19-8-4-5-9-20(19)27(23)14-17(28)15-30-21-10-6-3-7-18(21)24/h2-10,16-17,28H,1,11-15H2. The Labute approximate surface area is 180 Å². The molecule has 156 valence electrons. The molecule has 1 fully saturated rings. The zero-order valence-electron chi connectivity index (χ0n) is 16.6. The largest absolute Gasteiger partial charge is 0.489 e. The maximum atomic E-state index is 12.3. The predicted molar refractivity (Wildman–Crippen MR) is 117 cm³/mol. The van der Waals surface area contributed by atoms with Crippen LogP contribution in [0.3, 0.4) is 0 Å². The highest BCUT2D eigenvalue weighted by atomic mass is 35.5. The number of aromatic nitrogens is 2. The molecule has 2 aromatic carbocycles. The number of fused-ring (bicyclic) bond motifs is 1. The van der Waals surface area contributed by atoms with Crippen molar-refractivity contribution >= 4 is 28.5 Å². The average molecular weight is 426 g/mol. The van der Waals surface area contributed by atoms with Crippen LogP contribution in [0, 0.1) is 0 Å². The summed E-state index contributed by atoms with van der Waals surface area (Å²) in [6, 6.07) is 15.0. The minimum absolute atomic E-state index is 0.0264. The van der Waals surface area contributed by atoms with Crippen LogP contribution in [0.2, 0.25) is 5.02 Å². The molecule has 2 heterocycles. The number of aliphatic hydroxyl groups excluding tert-OH is 1. The minimum atomic E-state index is -0.765. The van der Waals surface area contributed by atoms with Crippen LogP contribution in [-0.2, 0) is 11.3 Å². The van der Waals surface area contributed by atoms with Gasteiger partial charge in [-0.2, -0.15) is 0 Å². The zero-order valence-corrected chi connectivity index (χ0v) is 17.3. The molecule has 30 heavy (non-hydrogen) atoms. The topological polar surface area (TPSA) is 67.6 Å². The number of para-hydroxylation sites is 3. The number of amides is 1. The first-order chi connectivity index (χ1) is 14.6. The van der Waals surface area contributed by atoms with Gasteiger partial charge in [0.2, 0.25) is 5.91 Å². The van der Waals surface area contributed by atoms with E-state index >= 15 is 0 Å². The second kappa shape index (κ2) is 8.90. The van der Waals surface area contributed by atoms with Crippen LogP contribution in [0.5, 0.6) is 5.75 Å². The highest BCUT2D eigenvalue weighted by Gasteiger charge is 2.33. The van der Waals surface area contributed by atoms with Gasteiger partial charge in [0.25, 0.3) is 0 Å². The first kappa shape index (κ1) is 20.4. The quantitative estimate of drug-likeness (QED) is 0.559. The van der Waals surface area contributed by atoms with Gasteiger partial charge in [-0.15, -0.1) is 6.58 Å². The summed E-state index contributed by atoms with van der Waals surface area (Å²) >= 11 is 6.13. The van der Waals surface area contributed by atoms with Crippen LogP contribution in [0.4, 0.5) is 0 Å². The second-order valence-electron chi connectivity index (χ2n) is 7.45. The van der Waals surface area contributed by atoms with Gasteiger partial charge >= 0.3 is 0 Å². The summed E-state index contributed by atoms with van der Waals surface area (Å²) in [6.07, 6.45) is 1.38. The average Bonchev–Trinajstić information content (AvgIpc) is 3.28. The van der Waals surface area contributed by atoms with E-state index in [1.54, 1.807) is 23.1 Å². The number of carbonyl (C=O) groups excluding carboxylic acids is 1. The number of carbonyl (C=O) groups is 1. The highest BCUT2D eigenvalue weighted by Crippen LogP contribution is 2.31. The fraction of sp³-hybridized carbons (Fsp3) is 0.304. The second-order valence-corrected chi connectivity index (χ2v) is 7.86. The molecule has 0 aliphatic carbocycles. The molecule has 1 aromatic heterocycles. The molecule has 0 saturated carbocycles. The molecule has 0 bridgehead atoms. The molecule has 0 spiro atoms. The number of imidazole rings is 1. The monoisotopic (exact) mass is 425 g/mol. The molecule has 1 saturated heterocycles. The van der Waals surface area contributed by atoms with Crippen molar-refractivity contribution in [2.45, 2.75) is 25.0 Å². The third-order valence-corrected chi connectivity index (χ3v) is 5.59. The molecule has 1 N–H and O–H groups in total. The van der Waals surface area contributed by atoms with Crippen LogP contribution >= 0.6 is 11.6 Å². The van der Waals surface area contributed by atoms with Crippen LogP contribution in [0.25, 0.3) is 11.0 Å². The molecular weight excluding hydrogens is 402 g/mol. The van der Waals surface area contributed by atoms with E-state index in [0.29, 0.717) is 36.8 Å². The van der Waals surface area contributed by atoms with Crippen molar-refractivity contribution in [1.29, 1.82) is 0 Å². The molecule has 4 rings (SSSR count). The molecule has 0 radical (unpaired) electrons. The van der Waals surface area contributed by atoms with Crippen LogP contribution < -0.4 is 4.74 Å². The number of likely N-dealkylation sites (tertiary alicyclic amines) is 1. The SMILES string of the molecule is C=CCN1CC(c2nc3ccccc3n2CC(O)COc2ccccc2Cl)CC1=O. The van der Waals surface area contributed by atoms with Crippen molar-refractivity contribution in [3.05, 3.63) is 72.0 Å². The van der Waals surface area contributed by atoms with E-state index in [2.05, 4.69) is 6.58 Å². The lowest BCUT2D eigenvalue weighted by Gasteiger charge is -2.18. The summed E-state index contributed by atoms with van der Waals surface area (Å²) in [5, 5.41) is 11.2. The van der Waals surface area contributed by atoms with E-state index in [9.17, 15) is 9.90 Å². The van der Waals surface area contributed by atoms with Gasteiger partial charge in [0.05, 0.1) is 22.6 Å². The third kappa shape index (κ3) is 4.20. The molecule has 1 aliphatic rings. The zero-order chi connectivity index (χ0) is 21.1. The van der Waals surface area contributed by atoms with Gasteiger partial charge < -0.3 is 19.3 Å². The van der Waals surface area contributed by atoms with Gasteiger partial charge in [-0.3, -0.25) is 4.79 Å². The fourth-order valence-corrected chi connectivity index (χ4v) is 4.08. The Morgan fingerprint density at radius 1 is 1.27 bits per heavy atom. The predicted octanol–water partition coefficient (Wildman–Crippen LogP) is 3.63. The summed E-state index contributed by atoms with van der Waals surface area (Å²) in [5.74, 6) is 1.42. The minimum Gasteiger partial charge on any atom is -0.489 e. The van der Waals surface area contributed by atoms with E-state index in [0.717, 1.165) is 16.9 Å². The van der Waals surface area contributed by atoms with Gasteiger partial charge in [-0.1, -0.05) is 41.9 Å². The van der Waals surface area contributed by atoms with Crippen molar-refractivity contribution in [2.75, 3.05) is 19.7 Å². The van der Waals surface area contributed by atoms with Crippen LogP contribution in [-0.4, -0.2) is 51.3 Å². The third-order valence-electron chi connectivity index (χ3n) is 5.27. The lowest BCUT2D eigenvalue weighted by Crippen LogP contribution is -2.26. The Morgan fingerprint density at radius 2 is 2.03 bits per heavy atom. The Balaban J connectivity index is 1.55. The fourth-order valence-electron chi connectivity index (χ4n) is 3.89. The molecule has 7 heteroatoms. The van der Waals surface area contributed by atoms with E-state index < -0.39 is 6.10 Å². The summed E-state index contributed by atoms with van der Waals surface area (Å²) in [7, 11) is 0. The van der Waals surface area contributed by atoms with E-state index in [4.69, 9.17) is 21.3 Å². The maximum absolute atomic E-state index is 12.3. The van der Waals surface area contributed by atoms with Crippen molar-refractivity contribution < 1.29 is 14.6 Å². The summed E-state index contributed by atoms with van der Waals surface area (Å²) < 4.78 is 7.71. The van der Waals surface area contributed by atoms with E-state index in [-0.39, 0.29) is 18.4 Å². The number of hydrogen-bond acceptors (Lipinski definition) is 4. The van der Waals surface area contributed by atoms with Crippen molar-refractivity contribution in [1.82, 2.24) is 14.5 Å². The number of aliphatic hydroxyl groups is 1. The Hall–Kier alpha value is -2.83. The van der Waals surface area contributed by atoms with Crippen molar-refractivity contribution in [3.63, 3.8) is 0 Å². The lowest BCUT2D eigenvalue weighted by molar-refractivity contribution is -0.127. The molecule has 2 atom stereocenters. The number of halogens is 1. The van der Waals surface area contributed by atoms with Gasteiger partial charge in [0.15, 0.2) is 0 Å². The number of hydrogen-bond donors (Lipinski definition) is 1. The number of rotatable bonds is 8. The lowest BCUT2D eigenvalue weighted by atomic mass is 10.1. The Morgan fingerprint density at radius 3 is 2.83 bits per heavy atom. The smallest absolute Gasteiger partial charge is 0.223 e. The number of benzene rings is 2. The summed E-state index contributed by atoms with van der Waals surface area (Å²) in [5.41, 5.74) is 1.78. The summed E-state index contributed by atoms with van der Waals surface area (Å²) in [4.78, 5) is 18.9. The van der Waals surface area contributed by atoms with Gasteiger partial charge in [-0.25, -0.2) is 4.98 Å². The molecule has 1 amide bonds. The van der Waals surface area contributed by atoms with Gasteiger partial charge in [-0.05, 0) is 24.3 Å². The molecule has 1 aliphatic heterocycles. The number of nitrogens with zero attached hydrogens (tertiary/aromatic N) is 3. The van der Waals surface area contributed by atoms with Gasteiger partial charge in [0, 0.05) is 25.4 Å². The Bertz CT molecular complexity index is 1060. The van der Waals surface area contributed by atoms with Crippen molar-refractivity contribution in [3.8, 4) is 5.75 Å². The molecule has 2 unspecified atom stereocenters. The van der Waals surface area contributed by atoms with E-state index in [1.807, 2.05) is 41.0 Å². The molecule has 3 aromatic rings. The van der Waals surface area contributed by atoms with Gasteiger partial charge in [0.1, 0.15) is 24.3 Å². The first-order valence-corrected chi connectivity index (χ1v) is 10.3. The molecular formula is C23H24ClN3O3.